The minimum atomic E-state index is -5.29. The van der Waals surface area contributed by atoms with Gasteiger partial charge in [-0.25, -0.2) is 0 Å². The zero-order chi connectivity index (χ0) is 14.6. The SMILES string of the molecule is FC(F)Oc1cccc(OC(F)F)c1OC(F)(F)F. The molecular weight excluding hydrogens is 289 g/mol. The van der Waals surface area contributed by atoms with Crippen molar-refractivity contribution in [1.29, 1.82) is 0 Å². The molecular formula is C9H5F7O3. The number of hydrogen-bond acceptors (Lipinski definition) is 3. The first kappa shape index (κ1) is 15.2. The van der Waals surface area contributed by atoms with Crippen LogP contribution >= 0.6 is 0 Å². The third kappa shape index (κ3) is 5.10. The summed E-state index contributed by atoms with van der Waals surface area (Å²) in [5.74, 6) is -3.56. The van der Waals surface area contributed by atoms with Gasteiger partial charge >= 0.3 is 19.6 Å². The first-order valence-electron chi connectivity index (χ1n) is 4.47. The first-order chi connectivity index (χ1) is 8.69. The largest absolute Gasteiger partial charge is 0.573 e. The Balaban J connectivity index is 3.15. The van der Waals surface area contributed by atoms with Gasteiger partial charge in [0, 0.05) is 0 Å². The summed E-state index contributed by atoms with van der Waals surface area (Å²) in [7, 11) is 0. The number of benzene rings is 1. The van der Waals surface area contributed by atoms with E-state index in [0.29, 0.717) is 12.1 Å². The Morgan fingerprint density at radius 2 is 1.26 bits per heavy atom. The van der Waals surface area contributed by atoms with Gasteiger partial charge < -0.3 is 14.2 Å². The quantitative estimate of drug-likeness (QED) is 0.773. The lowest BCUT2D eigenvalue weighted by Gasteiger charge is -2.16. The van der Waals surface area contributed by atoms with Crippen molar-refractivity contribution in [3.05, 3.63) is 18.2 Å². The monoisotopic (exact) mass is 294 g/mol. The molecule has 0 fully saturated rings. The van der Waals surface area contributed by atoms with Crippen LogP contribution in [-0.4, -0.2) is 19.6 Å². The molecule has 0 amide bonds. The van der Waals surface area contributed by atoms with E-state index < -0.39 is 36.8 Å². The fraction of sp³-hybridized carbons (Fsp3) is 0.333. The molecule has 0 aromatic heterocycles. The molecule has 0 bridgehead atoms. The minimum Gasteiger partial charge on any atom is -0.431 e. The van der Waals surface area contributed by atoms with Crippen LogP contribution in [0.5, 0.6) is 17.2 Å². The summed E-state index contributed by atoms with van der Waals surface area (Å²) in [6.07, 6.45) is -5.29. The van der Waals surface area contributed by atoms with Gasteiger partial charge in [-0.05, 0) is 12.1 Å². The number of halogens is 7. The Kier molecular flexibility index (Phi) is 4.67. The molecule has 0 aliphatic heterocycles. The van der Waals surface area contributed by atoms with Crippen molar-refractivity contribution in [3.63, 3.8) is 0 Å². The maximum absolute atomic E-state index is 12.1. The van der Waals surface area contributed by atoms with Crippen molar-refractivity contribution in [2.75, 3.05) is 0 Å². The summed E-state index contributed by atoms with van der Waals surface area (Å²) in [4.78, 5) is 0. The van der Waals surface area contributed by atoms with Crippen molar-refractivity contribution in [2.24, 2.45) is 0 Å². The maximum atomic E-state index is 12.1. The Morgan fingerprint density at radius 3 is 1.58 bits per heavy atom. The highest BCUT2D eigenvalue weighted by Crippen LogP contribution is 2.41. The number of hydrogen-bond donors (Lipinski definition) is 0. The zero-order valence-electron chi connectivity index (χ0n) is 8.76. The van der Waals surface area contributed by atoms with Gasteiger partial charge in [-0.1, -0.05) is 6.07 Å². The Morgan fingerprint density at radius 1 is 0.842 bits per heavy atom. The fourth-order valence-electron chi connectivity index (χ4n) is 1.09. The lowest BCUT2D eigenvalue weighted by atomic mass is 10.3. The molecule has 108 valence electrons. The third-order valence-electron chi connectivity index (χ3n) is 1.59. The molecule has 10 heteroatoms. The van der Waals surface area contributed by atoms with Gasteiger partial charge in [-0.15, -0.1) is 13.2 Å². The Hall–Kier alpha value is -1.87. The van der Waals surface area contributed by atoms with Crippen LogP contribution in [0.2, 0.25) is 0 Å². The lowest BCUT2D eigenvalue weighted by molar-refractivity contribution is -0.276. The molecule has 0 unspecified atom stereocenters. The Bertz CT molecular complexity index is 391. The second-order valence-electron chi connectivity index (χ2n) is 2.89. The molecule has 1 aromatic rings. The van der Waals surface area contributed by atoms with Crippen LogP contribution in [0.15, 0.2) is 18.2 Å². The van der Waals surface area contributed by atoms with Crippen LogP contribution in [-0.2, 0) is 0 Å². The van der Waals surface area contributed by atoms with E-state index in [9.17, 15) is 30.7 Å². The third-order valence-corrected chi connectivity index (χ3v) is 1.59. The molecule has 3 nitrogen and oxygen atoms in total. The summed E-state index contributed by atoms with van der Waals surface area (Å²) >= 11 is 0. The predicted octanol–water partition coefficient (Wildman–Crippen LogP) is 3.79. The molecule has 0 N–H and O–H groups in total. The smallest absolute Gasteiger partial charge is 0.431 e. The van der Waals surface area contributed by atoms with Gasteiger partial charge in [0.2, 0.25) is 5.75 Å². The molecule has 0 radical (unpaired) electrons. The number of para-hydroxylation sites is 1. The van der Waals surface area contributed by atoms with Crippen molar-refractivity contribution in [1.82, 2.24) is 0 Å². The second kappa shape index (κ2) is 5.85. The van der Waals surface area contributed by atoms with Crippen molar-refractivity contribution in [3.8, 4) is 17.2 Å². The molecule has 0 atom stereocenters. The maximum Gasteiger partial charge on any atom is 0.573 e. The summed E-state index contributed by atoms with van der Waals surface area (Å²) in [6.45, 7) is -6.92. The van der Waals surface area contributed by atoms with Gasteiger partial charge in [-0.3, -0.25) is 0 Å². The minimum absolute atomic E-state index is 0.686. The Labute approximate surface area is 101 Å². The van der Waals surface area contributed by atoms with Crippen LogP contribution in [0.25, 0.3) is 0 Å². The molecule has 0 aliphatic rings. The van der Waals surface area contributed by atoms with E-state index in [1.165, 1.54) is 0 Å². The van der Waals surface area contributed by atoms with Crippen LogP contribution in [0.1, 0.15) is 0 Å². The van der Waals surface area contributed by atoms with E-state index in [0.717, 1.165) is 6.07 Å². The highest BCUT2D eigenvalue weighted by atomic mass is 19.4. The zero-order valence-corrected chi connectivity index (χ0v) is 8.76. The molecule has 19 heavy (non-hydrogen) atoms. The van der Waals surface area contributed by atoms with Gasteiger partial charge in [-0.2, -0.15) is 17.6 Å². The van der Waals surface area contributed by atoms with Gasteiger partial charge in [0.25, 0.3) is 0 Å². The van der Waals surface area contributed by atoms with Gasteiger partial charge in [0.15, 0.2) is 11.5 Å². The van der Waals surface area contributed by atoms with E-state index in [4.69, 9.17) is 0 Å². The summed E-state index contributed by atoms with van der Waals surface area (Å²) in [5.41, 5.74) is 0. The van der Waals surface area contributed by atoms with Crippen molar-refractivity contribution >= 4 is 0 Å². The molecule has 0 heterocycles. The molecule has 1 aromatic carbocycles. The first-order valence-corrected chi connectivity index (χ1v) is 4.47. The van der Waals surface area contributed by atoms with E-state index in [1.54, 1.807) is 0 Å². The van der Waals surface area contributed by atoms with Crippen LogP contribution < -0.4 is 14.2 Å². The number of ether oxygens (including phenoxy) is 3. The lowest BCUT2D eigenvalue weighted by Crippen LogP contribution is -2.19. The van der Waals surface area contributed by atoms with Gasteiger partial charge in [0.05, 0.1) is 0 Å². The second-order valence-corrected chi connectivity index (χ2v) is 2.89. The summed E-state index contributed by atoms with van der Waals surface area (Å²) in [5, 5.41) is 0. The van der Waals surface area contributed by atoms with Crippen molar-refractivity contribution < 1.29 is 44.9 Å². The number of alkyl halides is 7. The van der Waals surface area contributed by atoms with Gasteiger partial charge in [0.1, 0.15) is 0 Å². The molecule has 1 rings (SSSR count). The highest BCUT2D eigenvalue weighted by molar-refractivity contribution is 5.51. The molecule has 0 aliphatic carbocycles. The molecule has 0 saturated heterocycles. The summed E-state index contributed by atoms with van der Waals surface area (Å²) in [6, 6.07) is 2.26. The standard InChI is InChI=1S/C9H5F7O3/c10-7(11)17-4-2-1-3-5(18-8(12)13)6(4)19-9(14,15)16/h1-3,7-8H. The van der Waals surface area contributed by atoms with Crippen LogP contribution in [0, 0.1) is 0 Å². The van der Waals surface area contributed by atoms with Crippen LogP contribution in [0.4, 0.5) is 30.7 Å². The van der Waals surface area contributed by atoms with E-state index in [2.05, 4.69) is 14.2 Å². The average molecular weight is 294 g/mol. The predicted molar refractivity (Wildman–Crippen MR) is 46.4 cm³/mol. The summed E-state index contributed by atoms with van der Waals surface area (Å²) < 4.78 is 94.9. The fourth-order valence-corrected chi connectivity index (χ4v) is 1.09. The molecule has 0 saturated carbocycles. The molecule has 0 spiro atoms. The topological polar surface area (TPSA) is 27.7 Å². The number of rotatable bonds is 5. The normalized spacial score (nSPS) is 11.8. The van der Waals surface area contributed by atoms with E-state index in [1.807, 2.05) is 0 Å². The van der Waals surface area contributed by atoms with Crippen molar-refractivity contribution in [2.45, 2.75) is 19.6 Å². The van der Waals surface area contributed by atoms with E-state index >= 15 is 0 Å². The average Bonchev–Trinajstić information content (AvgIpc) is 2.19. The highest BCUT2D eigenvalue weighted by Gasteiger charge is 2.35. The van der Waals surface area contributed by atoms with E-state index in [-0.39, 0.29) is 0 Å². The van der Waals surface area contributed by atoms with Crippen LogP contribution in [0.3, 0.4) is 0 Å².